The summed E-state index contributed by atoms with van der Waals surface area (Å²) in [6, 6.07) is 0. The smallest absolute Gasteiger partial charge is 0.0656 e. The molecular formula is C6H14N2. The lowest BCUT2D eigenvalue weighted by molar-refractivity contribution is 0.358. The molecule has 0 spiro atoms. The zero-order valence-electron chi connectivity index (χ0n) is 5.62. The Morgan fingerprint density at radius 3 is 2.12 bits per heavy atom. The monoisotopic (exact) mass is 114 g/mol. The molecule has 8 heavy (non-hydrogen) atoms. The molecule has 1 fully saturated rings. The first-order valence-corrected chi connectivity index (χ1v) is 3.27. The molecule has 2 N–H and O–H groups in total. The molecular weight excluding hydrogens is 100 g/mol. The van der Waals surface area contributed by atoms with Gasteiger partial charge in [-0.25, -0.2) is 0 Å². The van der Waals surface area contributed by atoms with Crippen LogP contribution in [-0.4, -0.2) is 18.8 Å². The van der Waals surface area contributed by atoms with Crippen molar-refractivity contribution in [1.82, 2.24) is 10.6 Å². The van der Waals surface area contributed by atoms with E-state index in [0.717, 1.165) is 19.5 Å². The fourth-order valence-electron chi connectivity index (χ4n) is 0.989. The standard InChI is InChI=1S/C6H14N2/c1-3-6(2)7-4-5-8-6/h7-8H,3-5H2,1-2H3. The van der Waals surface area contributed by atoms with E-state index in [0.29, 0.717) is 0 Å². The van der Waals surface area contributed by atoms with Gasteiger partial charge in [0.1, 0.15) is 0 Å². The predicted molar refractivity (Wildman–Crippen MR) is 34.7 cm³/mol. The van der Waals surface area contributed by atoms with E-state index in [4.69, 9.17) is 0 Å². The second-order valence-electron chi connectivity index (χ2n) is 2.54. The van der Waals surface area contributed by atoms with Gasteiger partial charge in [-0.3, -0.25) is 10.6 Å². The molecule has 2 heteroatoms. The SMILES string of the molecule is CCC1(C)NCCN1. The normalized spacial score (nSPS) is 26.2. The van der Waals surface area contributed by atoms with E-state index in [-0.39, 0.29) is 5.66 Å². The van der Waals surface area contributed by atoms with Crippen molar-refractivity contribution in [2.24, 2.45) is 0 Å². The molecule has 1 heterocycles. The largest absolute Gasteiger partial charge is 0.298 e. The van der Waals surface area contributed by atoms with Crippen LogP contribution in [0.25, 0.3) is 0 Å². The summed E-state index contributed by atoms with van der Waals surface area (Å²) in [7, 11) is 0. The van der Waals surface area contributed by atoms with Crippen molar-refractivity contribution in [1.29, 1.82) is 0 Å². The lowest BCUT2D eigenvalue weighted by atomic mass is 10.2. The fourth-order valence-corrected chi connectivity index (χ4v) is 0.989. The first-order valence-electron chi connectivity index (χ1n) is 3.27. The first-order chi connectivity index (χ1) is 3.77. The maximum absolute atomic E-state index is 3.37. The van der Waals surface area contributed by atoms with Crippen LogP contribution < -0.4 is 10.6 Å². The minimum absolute atomic E-state index is 0.236. The van der Waals surface area contributed by atoms with Crippen molar-refractivity contribution in [3.05, 3.63) is 0 Å². The average molecular weight is 114 g/mol. The van der Waals surface area contributed by atoms with E-state index >= 15 is 0 Å². The summed E-state index contributed by atoms with van der Waals surface area (Å²) >= 11 is 0. The number of hydrogen-bond acceptors (Lipinski definition) is 2. The summed E-state index contributed by atoms with van der Waals surface area (Å²) in [5, 5.41) is 6.74. The molecule has 0 aromatic heterocycles. The molecule has 1 aliphatic heterocycles. The second-order valence-corrected chi connectivity index (χ2v) is 2.54. The maximum Gasteiger partial charge on any atom is 0.0656 e. The van der Waals surface area contributed by atoms with E-state index < -0.39 is 0 Å². The van der Waals surface area contributed by atoms with Gasteiger partial charge < -0.3 is 0 Å². The lowest BCUT2D eigenvalue weighted by Gasteiger charge is -2.21. The number of hydrogen-bond donors (Lipinski definition) is 2. The quantitative estimate of drug-likeness (QED) is 0.512. The maximum atomic E-state index is 3.37. The minimum Gasteiger partial charge on any atom is -0.298 e. The van der Waals surface area contributed by atoms with E-state index in [1.54, 1.807) is 0 Å². The minimum atomic E-state index is 0.236. The zero-order valence-corrected chi connectivity index (χ0v) is 5.62. The Balaban J connectivity index is 2.40. The third-order valence-corrected chi connectivity index (χ3v) is 1.86. The Morgan fingerprint density at radius 1 is 1.38 bits per heavy atom. The van der Waals surface area contributed by atoms with Gasteiger partial charge in [0.2, 0.25) is 0 Å². The molecule has 0 atom stereocenters. The van der Waals surface area contributed by atoms with Gasteiger partial charge in [-0.15, -0.1) is 0 Å². The van der Waals surface area contributed by atoms with Gasteiger partial charge in [0.05, 0.1) is 5.66 Å². The summed E-state index contributed by atoms with van der Waals surface area (Å²) in [5.41, 5.74) is 0.236. The Labute approximate surface area is 50.7 Å². The van der Waals surface area contributed by atoms with E-state index in [1.807, 2.05) is 0 Å². The molecule has 1 rings (SSSR count). The van der Waals surface area contributed by atoms with Crippen molar-refractivity contribution < 1.29 is 0 Å². The third-order valence-electron chi connectivity index (χ3n) is 1.86. The highest BCUT2D eigenvalue weighted by Gasteiger charge is 2.23. The van der Waals surface area contributed by atoms with Crippen LogP contribution in [0.2, 0.25) is 0 Å². The first kappa shape index (κ1) is 6.05. The topological polar surface area (TPSA) is 24.1 Å². The Kier molecular flexibility index (Phi) is 1.54. The number of rotatable bonds is 1. The average Bonchev–Trinajstić information content (AvgIpc) is 2.17. The van der Waals surface area contributed by atoms with Gasteiger partial charge in [0.25, 0.3) is 0 Å². The molecule has 48 valence electrons. The van der Waals surface area contributed by atoms with Crippen LogP contribution in [-0.2, 0) is 0 Å². The summed E-state index contributed by atoms with van der Waals surface area (Å²) in [4.78, 5) is 0. The number of nitrogens with one attached hydrogen (secondary N) is 2. The van der Waals surface area contributed by atoms with Gasteiger partial charge in [0.15, 0.2) is 0 Å². The molecule has 0 bridgehead atoms. The third kappa shape index (κ3) is 1.01. The Bertz CT molecular complexity index is 74.6. The zero-order chi connectivity index (χ0) is 6.04. The van der Waals surface area contributed by atoms with Gasteiger partial charge in [-0.05, 0) is 13.3 Å². The van der Waals surface area contributed by atoms with Crippen LogP contribution in [0.15, 0.2) is 0 Å². The highest BCUT2D eigenvalue weighted by molar-refractivity contribution is 4.84. The van der Waals surface area contributed by atoms with Gasteiger partial charge in [-0.1, -0.05) is 6.92 Å². The van der Waals surface area contributed by atoms with Crippen molar-refractivity contribution in [2.75, 3.05) is 13.1 Å². The summed E-state index contributed by atoms with van der Waals surface area (Å²) in [6.07, 6.45) is 1.16. The van der Waals surface area contributed by atoms with E-state index in [9.17, 15) is 0 Å². The molecule has 0 aliphatic carbocycles. The van der Waals surface area contributed by atoms with Gasteiger partial charge >= 0.3 is 0 Å². The molecule has 0 amide bonds. The summed E-state index contributed by atoms with van der Waals surface area (Å²) < 4.78 is 0. The van der Waals surface area contributed by atoms with Crippen molar-refractivity contribution >= 4 is 0 Å². The molecule has 1 saturated heterocycles. The van der Waals surface area contributed by atoms with Crippen LogP contribution in [0, 0.1) is 0 Å². The Hall–Kier alpha value is -0.0800. The summed E-state index contributed by atoms with van der Waals surface area (Å²) in [5.74, 6) is 0. The molecule has 0 saturated carbocycles. The molecule has 1 aliphatic rings. The van der Waals surface area contributed by atoms with E-state index in [2.05, 4.69) is 24.5 Å². The highest BCUT2D eigenvalue weighted by atomic mass is 15.2. The second kappa shape index (κ2) is 2.03. The molecule has 0 radical (unpaired) electrons. The van der Waals surface area contributed by atoms with Crippen LogP contribution in [0.4, 0.5) is 0 Å². The predicted octanol–water partition coefficient (Wildman–Crippen LogP) is 0.305. The highest BCUT2D eigenvalue weighted by Crippen LogP contribution is 2.06. The molecule has 2 nitrogen and oxygen atoms in total. The van der Waals surface area contributed by atoms with Gasteiger partial charge in [0, 0.05) is 13.1 Å². The lowest BCUT2D eigenvalue weighted by Crippen LogP contribution is -2.44. The van der Waals surface area contributed by atoms with Crippen molar-refractivity contribution in [2.45, 2.75) is 25.9 Å². The molecule has 0 unspecified atom stereocenters. The fraction of sp³-hybridized carbons (Fsp3) is 1.00. The van der Waals surface area contributed by atoms with Crippen LogP contribution in [0.5, 0.6) is 0 Å². The van der Waals surface area contributed by atoms with Crippen molar-refractivity contribution in [3.63, 3.8) is 0 Å². The van der Waals surface area contributed by atoms with Crippen molar-refractivity contribution in [3.8, 4) is 0 Å². The van der Waals surface area contributed by atoms with E-state index in [1.165, 1.54) is 0 Å². The van der Waals surface area contributed by atoms with Gasteiger partial charge in [-0.2, -0.15) is 0 Å². The molecule has 0 aromatic carbocycles. The van der Waals surface area contributed by atoms with Crippen LogP contribution >= 0.6 is 0 Å². The summed E-state index contributed by atoms with van der Waals surface area (Å²) in [6.45, 7) is 6.61. The Morgan fingerprint density at radius 2 is 1.88 bits per heavy atom. The van der Waals surface area contributed by atoms with Crippen LogP contribution in [0.3, 0.4) is 0 Å². The van der Waals surface area contributed by atoms with Crippen LogP contribution in [0.1, 0.15) is 20.3 Å². The molecule has 0 aromatic rings.